The van der Waals surface area contributed by atoms with Gasteiger partial charge in [-0.2, -0.15) is 0 Å². The highest BCUT2D eigenvalue weighted by molar-refractivity contribution is 7.99. The van der Waals surface area contributed by atoms with Crippen LogP contribution in [-0.2, 0) is 11.3 Å². The Hall–Kier alpha value is -2.84. The fourth-order valence-electron chi connectivity index (χ4n) is 3.02. The molecule has 0 saturated heterocycles. The number of aromatic nitrogens is 3. The molecule has 9 heteroatoms. The number of carbonyl (C=O) groups excluding carboxylic acids is 2. The van der Waals surface area contributed by atoms with Crippen molar-refractivity contribution in [2.45, 2.75) is 38.5 Å². The fraction of sp³-hybridized carbons (Fsp3) is 0.273. The van der Waals surface area contributed by atoms with E-state index < -0.39 is 0 Å². The molecular weight excluding hydrogens is 434 g/mol. The largest absolute Gasteiger partial charge is 0.342 e. The van der Waals surface area contributed by atoms with Crippen molar-refractivity contribution in [1.29, 1.82) is 0 Å². The second kappa shape index (κ2) is 10.5. The molecule has 1 heterocycles. The van der Waals surface area contributed by atoms with Crippen molar-refractivity contribution >= 4 is 40.9 Å². The van der Waals surface area contributed by atoms with E-state index in [1.54, 1.807) is 24.3 Å². The molecule has 0 fully saturated rings. The van der Waals surface area contributed by atoms with E-state index in [4.69, 9.17) is 11.6 Å². The lowest BCUT2D eigenvalue weighted by Gasteiger charge is -2.15. The quantitative estimate of drug-likeness (QED) is 0.487. The Morgan fingerprint density at radius 3 is 2.58 bits per heavy atom. The maximum Gasteiger partial charge on any atom is 0.251 e. The van der Waals surface area contributed by atoms with E-state index in [1.165, 1.54) is 11.8 Å². The summed E-state index contributed by atoms with van der Waals surface area (Å²) in [5, 5.41) is 15.5. The fourth-order valence-corrected chi connectivity index (χ4v) is 4.00. The van der Waals surface area contributed by atoms with E-state index in [0.29, 0.717) is 33.8 Å². The Balaban J connectivity index is 1.63. The predicted octanol–water partition coefficient (Wildman–Crippen LogP) is 4.48. The van der Waals surface area contributed by atoms with Crippen molar-refractivity contribution in [2.24, 2.45) is 0 Å². The lowest BCUT2D eigenvalue weighted by atomic mass is 10.2. The molecule has 0 aliphatic heterocycles. The third-order valence-corrected chi connectivity index (χ3v) is 6.08. The van der Waals surface area contributed by atoms with Gasteiger partial charge in [0.25, 0.3) is 5.91 Å². The number of rotatable bonds is 8. The second-order valence-corrected chi connectivity index (χ2v) is 8.25. The zero-order valence-electron chi connectivity index (χ0n) is 17.6. The van der Waals surface area contributed by atoms with Gasteiger partial charge in [0.2, 0.25) is 5.91 Å². The summed E-state index contributed by atoms with van der Waals surface area (Å²) < 4.78 is 1.90. The summed E-state index contributed by atoms with van der Waals surface area (Å²) in [6, 6.07) is 14.1. The third-order valence-electron chi connectivity index (χ3n) is 4.71. The number of carbonyl (C=O) groups is 2. The normalized spacial score (nSPS) is 11.7. The minimum Gasteiger partial charge on any atom is -0.342 e. The average molecular weight is 458 g/mol. The first-order valence-corrected chi connectivity index (χ1v) is 11.2. The summed E-state index contributed by atoms with van der Waals surface area (Å²) in [5.74, 6) is 0.479. The molecule has 0 aliphatic carbocycles. The minimum absolute atomic E-state index is 0.159. The third kappa shape index (κ3) is 5.65. The highest BCUT2D eigenvalue weighted by Crippen LogP contribution is 2.24. The molecule has 2 aromatic carbocycles. The van der Waals surface area contributed by atoms with Crippen LogP contribution in [0, 0.1) is 6.92 Å². The number of thioether (sulfide) groups is 1. The molecule has 1 atom stereocenters. The molecule has 7 nitrogen and oxygen atoms in total. The van der Waals surface area contributed by atoms with Crippen LogP contribution >= 0.6 is 23.4 Å². The Morgan fingerprint density at radius 1 is 1.13 bits per heavy atom. The van der Waals surface area contributed by atoms with Crippen LogP contribution in [0.25, 0.3) is 0 Å². The van der Waals surface area contributed by atoms with Crippen molar-refractivity contribution in [1.82, 2.24) is 20.1 Å². The summed E-state index contributed by atoms with van der Waals surface area (Å²) in [5.41, 5.74) is 2.09. The summed E-state index contributed by atoms with van der Waals surface area (Å²) in [4.78, 5) is 24.8. The van der Waals surface area contributed by atoms with Crippen molar-refractivity contribution < 1.29 is 9.59 Å². The van der Waals surface area contributed by atoms with E-state index >= 15 is 0 Å². The number of nitrogens with zero attached hydrogens (tertiary/aromatic N) is 3. The molecule has 162 valence electrons. The van der Waals surface area contributed by atoms with Crippen LogP contribution in [-0.4, -0.2) is 32.3 Å². The molecule has 3 aromatic rings. The average Bonchev–Trinajstić information content (AvgIpc) is 3.19. The second-order valence-electron chi connectivity index (χ2n) is 6.90. The molecule has 2 amide bonds. The molecule has 0 radical (unpaired) electrons. The lowest BCUT2D eigenvalue weighted by Crippen LogP contribution is -2.28. The number of amides is 2. The van der Waals surface area contributed by atoms with Gasteiger partial charge in [-0.1, -0.05) is 47.6 Å². The molecule has 31 heavy (non-hydrogen) atoms. The van der Waals surface area contributed by atoms with Gasteiger partial charge in [0.1, 0.15) is 0 Å². The molecule has 2 N–H and O–H groups in total. The number of halogens is 1. The van der Waals surface area contributed by atoms with Crippen molar-refractivity contribution in [3.05, 3.63) is 70.5 Å². The summed E-state index contributed by atoms with van der Waals surface area (Å²) in [6.45, 7) is 6.31. The topological polar surface area (TPSA) is 88.9 Å². The molecule has 3 rings (SSSR count). The zero-order chi connectivity index (χ0) is 22.4. The first-order chi connectivity index (χ1) is 14.9. The number of anilines is 1. The SMILES string of the molecule is CCn1c(SCC(=O)Nc2cccc(Cl)c2C)nnc1[C@H](C)NC(=O)c1ccccc1. The van der Waals surface area contributed by atoms with Crippen LogP contribution < -0.4 is 10.6 Å². The maximum absolute atomic E-state index is 12.4. The Labute approximate surface area is 190 Å². The molecular formula is C22H24ClN5O2S. The van der Waals surface area contributed by atoms with Gasteiger partial charge >= 0.3 is 0 Å². The van der Waals surface area contributed by atoms with Crippen LogP contribution in [0.1, 0.15) is 41.6 Å². The van der Waals surface area contributed by atoms with Gasteiger partial charge < -0.3 is 15.2 Å². The standard InChI is InChI=1S/C22H24ClN5O2S/c1-4-28-20(15(3)24-21(30)16-9-6-5-7-10-16)26-27-22(28)31-13-19(29)25-18-12-8-11-17(23)14(18)2/h5-12,15H,4,13H2,1-3H3,(H,24,30)(H,25,29)/t15-/m0/s1. The molecule has 0 bridgehead atoms. The van der Waals surface area contributed by atoms with Crippen molar-refractivity contribution in [3.8, 4) is 0 Å². The summed E-state index contributed by atoms with van der Waals surface area (Å²) >= 11 is 7.40. The van der Waals surface area contributed by atoms with E-state index in [2.05, 4.69) is 20.8 Å². The number of hydrogen-bond donors (Lipinski definition) is 2. The van der Waals surface area contributed by atoms with Gasteiger partial charge in [-0.05, 0) is 50.6 Å². The number of hydrogen-bond acceptors (Lipinski definition) is 5. The molecule has 0 saturated carbocycles. The van der Waals surface area contributed by atoms with Crippen LogP contribution in [0.5, 0.6) is 0 Å². The first kappa shape index (κ1) is 22.8. The van der Waals surface area contributed by atoms with Crippen molar-refractivity contribution in [3.63, 3.8) is 0 Å². The van der Waals surface area contributed by atoms with Crippen molar-refractivity contribution in [2.75, 3.05) is 11.1 Å². The van der Waals surface area contributed by atoms with Crippen LogP contribution in [0.3, 0.4) is 0 Å². The van der Waals surface area contributed by atoms with Gasteiger partial charge in [-0.25, -0.2) is 0 Å². The van der Waals surface area contributed by atoms with Gasteiger partial charge in [-0.15, -0.1) is 10.2 Å². The van der Waals surface area contributed by atoms with E-state index in [0.717, 1.165) is 5.56 Å². The van der Waals surface area contributed by atoms with Gasteiger partial charge in [-0.3, -0.25) is 9.59 Å². The van der Waals surface area contributed by atoms with Gasteiger partial charge in [0.15, 0.2) is 11.0 Å². The summed E-state index contributed by atoms with van der Waals surface area (Å²) in [7, 11) is 0. The highest BCUT2D eigenvalue weighted by Gasteiger charge is 2.20. The smallest absolute Gasteiger partial charge is 0.251 e. The number of benzene rings is 2. The predicted molar refractivity (Wildman–Crippen MR) is 124 cm³/mol. The van der Waals surface area contributed by atoms with Crippen LogP contribution in [0.4, 0.5) is 5.69 Å². The Bertz CT molecular complexity index is 1070. The minimum atomic E-state index is -0.336. The van der Waals surface area contributed by atoms with Crippen LogP contribution in [0.15, 0.2) is 53.7 Å². The van der Waals surface area contributed by atoms with Gasteiger partial charge in [0.05, 0.1) is 11.8 Å². The highest BCUT2D eigenvalue weighted by atomic mass is 35.5. The summed E-state index contributed by atoms with van der Waals surface area (Å²) in [6.07, 6.45) is 0. The van der Waals surface area contributed by atoms with E-state index in [1.807, 2.05) is 49.6 Å². The van der Waals surface area contributed by atoms with E-state index in [9.17, 15) is 9.59 Å². The van der Waals surface area contributed by atoms with Crippen LogP contribution in [0.2, 0.25) is 5.02 Å². The molecule has 0 aliphatic rings. The van der Waals surface area contributed by atoms with E-state index in [-0.39, 0.29) is 23.6 Å². The lowest BCUT2D eigenvalue weighted by molar-refractivity contribution is -0.113. The Morgan fingerprint density at radius 2 is 1.87 bits per heavy atom. The zero-order valence-corrected chi connectivity index (χ0v) is 19.1. The van der Waals surface area contributed by atoms with Gasteiger partial charge in [0, 0.05) is 22.8 Å². The number of nitrogens with one attached hydrogen (secondary N) is 2. The molecule has 0 spiro atoms. The first-order valence-electron chi connectivity index (χ1n) is 9.87. The maximum atomic E-state index is 12.4. The molecule has 1 aromatic heterocycles. The molecule has 0 unspecified atom stereocenters. The Kier molecular flexibility index (Phi) is 7.70. The monoisotopic (exact) mass is 457 g/mol.